The van der Waals surface area contributed by atoms with Crippen molar-refractivity contribution in [3.63, 3.8) is 0 Å². The van der Waals surface area contributed by atoms with Crippen LogP contribution in [0.3, 0.4) is 0 Å². The van der Waals surface area contributed by atoms with Crippen molar-refractivity contribution in [1.82, 2.24) is 10.2 Å². The van der Waals surface area contributed by atoms with Gasteiger partial charge >= 0.3 is 0 Å². The molecule has 0 radical (unpaired) electrons. The number of nitrogens with one attached hydrogen (secondary N) is 1. The Labute approximate surface area is 170 Å². The molecule has 28 heavy (non-hydrogen) atoms. The topological polar surface area (TPSA) is 52.6 Å². The highest BCUT2D eigenvalue weighted by atomic mass is 32.2. The molecule has 6 heteroatoms. The van der Waals surface area contributed by atoms with Crippen LogP contribution in [0.2, 0.25) is 0 Å². The van der Waals surface area contributed by atoms with E-state index < -0.39 is 0 Å². The molecule has 2 aromatic rings. The molecular weight excluding hydrogens is 375 g/mol. The van der Waals surface area contributed by atoms with E-state index in [4.69, 9.17) is 0 Å². The second-order valence-corrected chi connectivity index (χ2v) is 8.05. The minimum atomic E-state index is -0.245. The average molecular weight is 403 g/mol. The first-order chi connectivity index (χ1) is 13.7. The minimum absolute atomic E-state index is 0.0836. The Bertz CT molecular complexity index is 769. The van der Waals surface area contributed by atoms with Gasteiger partial charge < -0.3 is 10.4 Å². The number of hydrogen-bond donors (Lipinski definition) is 2. The van der Waals surface area contributed by atoms with Crippen LogP contribution < -0.4 is 5.32 Å². The number of carbonyl (C=O) groups excluding carboxylic acids is 1. The predicted octanol–water partition coefficient (Wildman–Crippen LogP) is 3.69. The molecular formula is C22H27FN2O2S. The number of piperidine rings is 1. The van der Waals surface area contributed by atoms with Gasteiger partial charge in [0.1, 0.15) is 5.82 Å². The van der Waals surface area contributed by atoms with Gasteiger partial charge in [-0.25, -0.2) is 4.39 Å². The van der Waals surface area contributed by atoms with E-state index >= 15 is 0 Å². The molecule has 2 aromatic carbocycles. The highest BCUT2D eigenvalue weighted by molar-refractivity contribution is 7.98. The maximum atomic E-state index is 13.0. The Hall–Kier alpha value is -1.89. The molecule has 4 nitrogen and oxygen atoms in total. The molecule has 0 aromatic heterocycles. The van der Waals surface area contributed by atoms with E-state index in [1.165, 1.54) is 12.1 Å². The average Bonchev–Trinajstić information content (AvgIpc) is 2.74. The van der Waals surface area contributed by atoms with Crippen molar-refractivity contribution in [1.29, 1.82) is 0 Å². The Morgan fingerprint density at radius 1 is 1.18 bits per heavy atom. The zero-order valence-electron chi connectivity index (χ0n) is 15.9. The molecule has 0 unspecified atom stereocenters. The first-order valence-corrected chi connectivity index (χ1v) is 10.8. The normalized spacial score (nSPS) is 17.4. The lowest BCUT2D eigenvalue weighted by Crippen LogP contribution is -2.45. The summed E-state index contributed by atoms with van der Waals surface area (Å²) in [5.41, 5.74) is 1.67. The molecule has 1 aliphatic rings. The quantitative estimate of drug-likeness (QED) is 0.661. The van der Waals surface area contributed by atoms with Gasteiger partial charge in [-0.05, 0) is 49.2 Å². The van der Waals surface area contributed by atoms with Gasteiger partial charge in [-0.15, -0.1) is 11.8 Å². The largest absolute Gasteiger partial charge is 0.395 e. The van der Waals surface area contributed by atoms with Gasteiger partial charge in [-0.1, -0.05) is 30.7 Å². The molecule has 150 valence electrons. The number of aliphatic hydroxyl groups is 1. The summed E-state index contributed by atoms with van der Waals surface area (Å²) in [7, 11) is 0. The molecule has 1 heterocycles. The zero-order chi connectivity index (χ0) is 19.8. The number of carbonyl (C=O) groups is 1. The number of rotatable bonds is 8. The number of amides is 1. The molecule has 1 fully saturated rings. The third kappa shape index (κ3) is 5.80. The van der Waals surface area contributed by atoms with Crippen molar-refractivity contribution >= 4 is 17.7 Å². The lowest BCUT2D eigenvalue weighted by molar-refractivity contribution is 0.0848. The Kier molecular flexibility index (Phi) is 7.89. The smallest absolute Gasteiger partial charge is 0.252 e. The Balaban J connectivity index is 1.54. The van der Waals surface area contributed by atoms with Crippen molar-refractivity contribution in [3.8, 4) is 0 Å². The number of aliphatic hydroxyl groups excluding tert-OH is 1. The van der Waals surface area contributed by atoms with Crippen molar-refractivity contribution < 1.29 is 14.3 Å². The Morgan fingerprint density at radius 3 is 2.75 bits per heavy atom. The third-order valence-corrected chi connectivity index (χ3v) is 6.23. The van der Waals surface area contributed by atoms with Gasteiger partial charge in [0.25, 0.3) is 5.91 Å². The van der Waals surface area contributed by atoms with Crippen molar-refractivity contribution in [2.45, 2.75) is 36.0 Å². The van der Waals surface area contributed by atoms with Crippen LogP contribution in [0, 0.1) is 5.82 Å². The van der Waals surface area contributed by atoms with Gasteiger partial charge in [0.15, 0.2) is 0 Å². The predicted molar refractivity (Wildman–Crippen MR) is 111 cm³/mol. The van der Waals surface area contributed by atoms with Gasteiger partial charge in [0, 0.05) is 29.8 Å². The molecule has 0 spiro atoms. The fraction of sp³-hybridized carbons (Fsp3) is 0.409. The minimum Gasteiger partial charge on any atom is -0.395 e. The summed E-state index contributed by atoms with van der Waals surface area (Å²) in [4.78, 5) is 15.8. The van der Waals surface area contributed by atoms with Crippen LogP contribution in [-0.2, 0) is 5.75 Å². The molecule has 0 bridgehead atoms. The molecule has 0 saturated carbocycles. The first kappa shape index (κ1) is 20.8. The molecule has 1 aliphatic heterocycles. The van der Waals surface area contributed by atoms with E-state index in [0.717, 1.165) is 42.8 Å². The molecule has 1 atom stereocenters. The van der Waals surface area contributed by atoms with E-state index in [1.54, 1.807) is 23.9 Å². The number of halogens is 1. The number of nitrogens with zero attached hydrogens (tertiary/aromatic N) is 1. The second kappa shape index (κ2) is 10.6. The van der Waals surface area contributed by atoms with Crippen LogP contribution in [0.4, 0.5) is 4.39 Å². The fourth-order valence-corrected chi connectivity index (χ4v) is 4.50. The summed E-state index contributed by atoms with van der Waals surface area (Å²) in [6.07, 6.45) is 3.33. The number of thioether (sulfide) groups is 1. The molecule has 2 N–H and O–H groups in total. The van der Waals surface area contributed by atoms with E-state index in [0.29, 0.717) is 17.9 Å². The van der Waals surface area contributed by atoms with Crippen LogP contribution in [0.15, 0.2) is 53.4 Å². The summed E-state index contributed by atoms with van der Waals surface area (Å²) >= 11 is 1.57. The zero-order valence-corrected chi connectivity index (χ0v) is 16.8. The third-order valence-electron chi connectivity index (χ3n) is 5.08. The lowest BCUT2D eigenvalue weighted by Gasteiger charge is -2.34. The van der Waals surface area contributed by atoms with Crippen molar-refractivity contribution in [2.75, 3.05) is 26.2 Å². The van der Waals surface area contributed by atoms with E-state index in [2.05, 4.69) is 10.2 Å². The van der Waals surface area contributed by atoms with Gasteiger partial charge in [-0.3, -0.25) is 9.69 Å². The van der Waals surface area contributed by atoms with Gasteiger partial charge in [0.2, 0.25) is 0 Å². The van der Waals surface area contributed by atoms with E-state index in [1.807, 2.05) is 24.3 Å². The molecule has 3 rings (SSSR count). The first-order valence-electron chi connectivity index (χ1n) is 9.77. The molecule has 0 aliphatic carbocycles. The highest BCUT2D eigenvalue weighted by Crippen LogP contribution is 2.26. The van der Waals surface area contributed by atoms with Crippen LogP contribution >= 0.6 is 11.8 Å². The standard InChI is InChI=1S/C22H27FN2O2S/c23-18-10-8-17(9-11-18)16-28-21-7-2-1-6-20(21)22(27)24-12-14-25-13-4-3-5-19(25)15-26/h1-2,6-11,19,26H,3-5,12-16H2,(H,24,27)/t19-/m1/s1. The van der Waals surface area contributed by atoms with E-state index in [9.17, 15) is 14.3 Å². The lowest BCUT2D eigenvalue weighted by atomic mass is 10.0. The summed E-state index contributed by atoms with van der Waals surface area (Å²) in [5, 5.41) is 12.5. The fourth-order valence-electron chi connectivity index (χ4n) is 3.49. The van der Waals surface area contributed by atoms with Gasteiger partial charge in [-0.2, -0.15) is 0 Å². The van der Waals surface area contributed by atoms with Crippen LogP contribution in [-0.4, -0.2) is 48.2 Å². The number of benzene rings is 2. The maximum absolute atomic E-state index is 13.0. The SMILES string of the molecule is O=C(NCCN1CCCC[C@@H]1CO)c1ccccc1SCc1ccc(F)cc1. The Morgan fingerprint density at radius 2 is 1.96 bits per heavy atom. The van der Waals surface area contributed by atoms with Crippen LogP contribution in [0.1, 0.15) is 35.2 Å². The second-order valence-electron chi connectivity index (χ2n) is 7.04. The summed E-state index contributed by atoms with van der Waals surface area (Å²) in [6.45, 7) is 2.47. The van der Waals surface area contributed by atoms with Crippen molar-refractivity contribution in [2.24, 2.45) is 0 Å². The molecule has 1 amide bonds. The number of likely N-dealkylation sites (tertiary alicyclic amines) is 1. The maximum Gasteiger partial charge on any atom is 0.252 e. The van der Waals surface area contributed by atoms with E-state index in [-0.39, 0.29) is 24.4 Å². The van der Waals surface area contributed by atoms with Gasteiger partial charge in [0.05, 0.1) is 12.2 Å². The van der Waals surface area contributed by atoms with Crippen LogP contribution in [0.5, 0.6) is 0 Å². The summed E-state index contributed by atoms with van der Waals surface area (Å²) in [5.74, 6) is 0.349. The molecule has 1 saturated heterocycles. The van der Waals surface area contributed by atoms with Crippen LogP contribution in [0.25, 0.3) is 0 Å². The number of hydrogen-bond acceptors (Lipinski definition) is 4. The monoisotopic (exact) mass is 402 g/mol. The summed E-state index contributed by atoms with van der Waals surface area (Å²) < 4.78 is 13.0. The van der Waals surface area contributed by atoms with Crippen molar-refractivity contribution in [3.05, 3.63) is 65.5 Å². The summed E-state index contributed by atoms with van der Waals surface area (Å²) in [6, 6.07) is 14.2. The highest BCUT2D eigenvalue weighted by Gasteiger charge is 2.21.